The second-order valence-corrected chi connectivity index (χ2v) is 6.16. The van der Waals surface area contributed by atoms with E-state index in [1.807, 2.05) is 0 Å². The first kappa shape index (κ1) is 18.7. The fraction of sp³-hybridized carbons (Fsp3) is 0.812. The third-order valence-corrected chi connectivity index (χ3v) is 4.63. The number of aromatic nitrogens is 2. The molecule has 1 atom stereocenters. The van der Waals surface area contributed by atoms with Crippen LogP contribution in [0.5, 0.6) is 0 Å². The molecule has 0 bridgehead atoms. The number of nitrogens with zero attached hydrogens (tertiary/aromatic N) is 2. The van der Waals surface area contributed by atoms with Crippen molar-refractivity contribution in [3.8, 4) is 0 Å². The normalized spacial score (nSPS) is 12.8. The van der Waals surface area contributed by atoms with Crippen LogP contribution in [0, 0.1) is 0 Å². The molecule has 0 saturated heterocycles. The Morgan fingerprint density at radius 1 is 1.33 bits per heavy atom. The molecule has 1 aromatic heterocycles. The van der Waals surface area contributed by atoms with Gasteiger partial charge in [-0.25, -0.2) is 0 Å². The van der Waals surface area contributed by atoms with Crippen LogP contribution in [0.3, 0.4) is 0 Å². The van der Waals surface area contributed by atoms with Gasteiger partial charge in [0.2, 0.25) is 0 Å². The minimum atomic E-state index is 0.489. The van der Waals surface area contributed by atoms with Crippen molar-refractivity contribution in [3.63, 3.8) is 0 Å². The van der Waals surface area contributed by atoms with Crippen LogP contribution >= 0.6 is 15.9 Å². The molecule has 21 heavy (non-hydrogen) atoms. The molecule has 0 saturated carbocycles. The van der Waals surface area contributed by atoms with Gasteiger partial charge in [0.25, 0.3) is 0 Å². The molecule has 4 nitrogen and oxygen atoms in total. The standard InChI is InChI=1S/C16H30BrN3O/c1-5-10-18-13(9-8-11-21-4)12-15-16(17)14(6-2)19-20(15)7-3/h13,18H,5-12H2,1-4H3. The van der Waals surface area contributed by atoms with Gasteiger partial charge in [0.05, 0.1) is 15.9 Å². The van der Waals surface area contributed by atoms with Crippen molar-refractivity contribution in [1.82, 2.24) is 15.1 Å². The van der Waals surface area contributed by atoms with Gasteiger partial charge in [-0.1, -0.05) is 13.8 Å². The zero-order valence-electron chi connectivity index (χ0n) is 13.9. The number of ether oxygens (including phenoxy) is 1. The maximum atomic E-state index is 5.18. The lowest BCUT2D eigenvalue weighted by Gasteiger charge is -2.19. The number of hydrogen-bond donors (Lipinski definition) is 1. The minimum absolute atomic E-state index is 0.489. The largest absolute Gasteiger partial charge is 0.385 e. The average Bonchev–Trinajstić information content (AvgIpc) is 2.80. The predicted molar refractivity (Wildman–Crippen MR) is 91.9 cm³/mol. The molecule has 5 heteroatoms. The van der Waals surface area contributed by atoms with Gasteiger partial charge < -0.3 is 10.1 Å². The summed E-state index contributed by atoms with van der Waals surface area (Å²) in [5, 5.41) is 8.36. The van der Waals surface area contributed by atoms with Crippen LogP contribution in [0.2, 0.25) is 0 Å². The summed E-state index contributed by atoms with van der Waals surface area (Å²) in [6, 6.07) is 0.489. The summed E-state index contributed by atoms with van der Waals surface area (Å²) < 4.78 is 8.52. The zero-order chi connectivity index (χ0) is 15.7. The molecule has 0 fully saturated rings. The zero-order valence-corrected chi connectivity index (χ0v) is 15.5. The van der Waals surface area contributed by atoms with Crippen LogP contribution < -0.4 is 5.32 Å². The lowest BCUT2D eigenvalue weighted by Crippen LogP contribution is -2.33. The predicted octanol–water partition coefficient (Wildman–Crippen LogP) is 3.57. The highest BCUT2D eigenvalue weighted by Gasteiger charge is 2.18. The third-order valence-electron chi connectivity index (χ3n) is 3.72. The van der Waals surface area contributed by atoms with E-state index >= 15 is 0 Å². The average molecular weight is 360 g/mol. The summed E-state index contributed by atoms with van der Waals surface area (Å²) in [6.45, 7) is 9.34. The fourth-order valence-corrected chi connectivity index (χ4v) is 3.27. The minimum Gasteiger partial charge on any atom is -0.385 e. The summed E-state index contributed by atoms with van der Waals surface area (Å²) in [5.41, 5.74) is 2.48. The van der Waals surface area contributed by atoms with Gasteiger partial charge in [-0.15, -0.1) is 0 Å². The summed E-state index contributed by atoms with van der Waals surface area (Å²) in [6.07, 6.45) is 5.38. The first-order valence-electron chi connectivity index (χ1n) is 8.14. The molecule has 1 N–H and O–H groups in total. The van der Waals surface area contributed by atoms with Crippen molar-refractivity contribution in [2.24, 2.45) is 0 Å². The molecule has 0 aromatic carbocycles. The van der Waals surface area contributed by atoms with E-state index in [1.165, 1.54) is 10.2 Å². The van der Waals surface area contributed by atoms with Crippen molar-refractivity contribution in [2.75, 3.05) is 20.3 Å². The van der Waals surface area contributed by atoms with E-state index in [0.29, 0.717) is 6.04 Å². The van der Waals surface area contributed by atoms with Gasteiger partial charge in [-0.2, -0.15) is 5.10 Å². The fourth-order valence-electron chi connectivity index (χ4n) is 2.54. The number of nitrogens with one attached hydrogen (secondary N) is 1. The SMILES string of the molecule is CCCNC(CCCOC)Cc1c(Br)c(CC)nn1CC. The van der Waals surface area contributed by atoms with Gasteiger partial charge in [0.1, 0.15) is 0 Å². The summed E-state index contributed by atoms with van der Waals surface area (Å²) in [7, 11) is 1.77. The van der Waals surface area contributed by atoms with Crippen LogP contribution in [0.1, 0.15) is 51.4 Å². The molecular formula is C16H30BrN3O. The Bertz CT molecular complexity index is 406. The molecular weight excluding hydrogens is 330 g/mol. The van der Waals surface area contributed by atoms with Gasteiger partial charge in [0, 0.05) is 32.7 Å². The number of halogens is 1. The van der Waals surface area contributed by atoms with E-state index in [1.54, 1.807) is 7.11 Å². The van der Waals surface area contributed by atoms with Crippen molar-refractivity contribution in [3.05, 3.63) is 15.9 Å². The highest BCUT2D eigenvalue weighted by Crippen LogP contribution is 2.24. The summed E-state index contributed by atoms with van der Waals surface area (Å²) >= 11 is 3.75. The lowest BCUT2D eigenvalue weighted by atomic mass is 10.1. The number of methoxy groups -OCH3 is 1. The van der Waals surface area contributed by atoms with Crippen LogP contribution in [0.4, 0.5) is 0 Å². The van der Waals surface area contributed by atoms with E-state index in [4.69, 9.17) is 9.84 Å². The molecule has 0 radical (unpaired) electrons. The molecule has 1 rings (SSSR count). The second-order valence-electron chi connectivity index (χ2n) is 5.37. The van der Waals surface area contributed by atoms with Crippen LogP contribution in [-0.4, -0.2) is 36.1 Å². The van der Waals surface area contributed by atoms with Crippen LogP contribution in [0.25, 0.3) is 0 Å². The Balaban J connectivity index is 2.78. The van der Waals surface area contributed by atoms with E-state index in [9.17, 15) is 0 Å². The third kappa shape index (κ3) is 5.72. The Kier molecular flexibility index (Phi) is 9.20. The maximum absolute atomic E-state index is 5.18. The molecule has 0 amide bonds. The molecule has 122 valence electrons. The smallest absolute Gasteiger partial charge is 0.0766 e. The molecule has 0 aliphatic carbocycles. The lowest BCUT2D eigenvalue weighted by molar-refractivity contribution is 0.188. The first-order valence-corrected chi connectivity index (χ1v) is 8.93. The highest BCUT2D eigenvalue weighted by molar-refractivity contribution is 9.10. The Hall–Kier alpha value is -0.390. The molecule has 1 unspecified atom stereocenters. The van der Waals surface area contributed by atoms with E-state index in [2.05, 4.69) is 46.7 Å². The van der Waals surface area contributed by atoms with E-state index in [0.717, 1.165) is 57.5 Å². The van der Waals surface area contributed by atoms with Gasteiger partial charge >= 0.3 is 0 Å². The van der Waals surface area contributed by atoms with Crippen molar-refractivity contribution >= 4 is 15.9 Å². The topological polar surface area (TPSA) is 39.1 Å². The van der Waals surface area contributed by atoms with Crippen LogP contribution in [0.15, 0.2) is 4.47 Å². The molecule has 1 aromatic rings. The van der Waals surface area contributed by atoms with Crippen molar-refractivity contribution in [2.45, 2.75) is 65.5 Å². The first-order chi connectivity index (χ1) is 10.2. The number of rotatable bonds is 11. The molecule has 0 aliphatic rings. The van der Waals surface area contributed by atoms with Gasteiger partial charge in [-0.05, 0) is 55.1 Å². The van der Waals surface area contributed by atoms with E-state index in [-0.39, 0.29) is 0 Å². The Morgan fingerprint density at radius 2 is 2.10 bits per heavy atom. The number of aryl methyl sites for hydroxylation is 2. The van der Waals surface area contributed by atoms with Gasteiger partial charge in [-0.3, -0.25) is 4.68 Å². The number of hydrogen-bond acceptors (Lipinski definition) is 3. The van der Waals surface area contributed by atoms with Gasteiger partial charge in [0.15, 0.2) is 0 Å². The van der Waals surface area contributed by atoms with E-state index < -0.39 is 0 Å². The maximum Gasteiger partial charge on any atom is 0.0766 e. The van der Waals surface area contributed by atoms with Crippen molar-refractivity contribution in [1.29, 1.82) is 0 Å². The Morgan fingerprint density at radius 3 is 2.67 bits per heavy atom. The molecule has 1 heterocycles. The monoisotopic (exact) mass is 359 g/mol. The summed E-state index contributed by atoms with van der Waals surface area (Å²) in [4.78, 5) is 0. The second kappa shape index (κ2) is 10.4. The van der Waals surface area contributed by atoms with Crippen LogP contribution in [-0.2, 0) is 24.1 Å². The summed E-state index contributed by atoms with van der Waals surface area (Å²) in [5.74, 6) is 0. The highest BCUT2D eigenvalue weighted by atomic mass is 79.9. The van der Waals surface area contributed by atoms with Crippen molar-refractivity contribution < 1.29 is 4.74 Å². The molecule has 0 spiro atoms. The Labute approximate surface area is 137 Å². The molecule has 0 aliphatic heterocycles. The quantitative estimate of drug-likeness (QED) is 0.614.